The Morgan fingerprint density at radius 1 is 1.05 bits per heavy atom. The number of nitrogens with zero attached hydrogens (tertiary/aromatic N) is 1. The first kappa shape index (κ1) is 16.4. The Morgan fingerprint density at radius 3 is 2.19 bits per heavy atom. The minimum absolute atomic E-state index is 0.175. The first-order valence-corrected chi connectivity index (χ1v) is 8.07. The number of rotatable bonds is 3. The molecule has 0 N–H and O–H groups in total. The zero-order valence-corrected chi connectivity index (χ0v) is 14.7. The van der Waals surface area contributed by atoms with Gasteiger partial charge in [0, 0.05) is 24.4 Å². The molecule has 0 bridgehead atoms. The van der Waals surface area contributed by atoms with Gasteiger partial charge >= 0.3 is 0 Å². The van der Waals surface area contributed by atoms with Crippen molar-refractivity contribution in [3.8, 4) is 5.75 Å². The third kappa shape index (κ3) is 4.00. The monoisotopic (exact) mass is 289 g/mol. The Hall–Kier alpha value is -1.02. The van der Waals surface area contributed by atoms with Crippen molar-refractivity contribution >= 4 is 0 Å². The van der Waals surface area contributed by atoms with E-state index in [1.54, 1.807) is 0 Å². The van der Waals surface area contributed by atoms with E-state index in [4.69, 9.17) is 4.74 Å². The fourth-order valence-corrected chi connectivity index (χ4v) is 2.73. The Balaban J connectivity index is 1.91. The van der Waals surface area contributed by atoms with Gasteiger partial charge in [-0.15, -0.1) is 0 Å². The van der Waals surface area contributed by atoms with Crippen LogP contribution in [-0.4, -0.2) is 29.6 Å². The highest BCUT2D eigenvalue weighted by Gasteiger charge is 2.37. The van der Waals surface area contributed by atoms with Crippen LogP contribution in [0.4, 0.5) is 0 Å². The van der Waals surface area contributed by atoms with Crippen molar-refractivity contribution in [1.29, 1.82) is 0 Å². The number of hydrogen-bond donors (Lipinski definition) is 0. The van der Waals surface area contributed by atoms with Gasteiger partial charge in [-0.3, -0.25) is 4.90 Å². The lowest BCUT2D eigenvalue weighted by molar-refractivity contribution is -0.00886. The van der Waals surface area contributed by atoms with Gasteiger partial charge in [0.05, 0.1) is 0 Å². The van der Waals surface area contributed by atoms with Gasteiger partial charge in [-0.05, 0) is 50.9 Å². The molecule has 0 aliphatic heterocycles. The Morgan fingerprint density at radius 2 is 1.67 bits per heavy atom. The molecule has 0 amide bonds. The molecule has 1 aliphatic carbocycles. The first-order chi connectivity index (χ1) is 9.57. The molecule has 118 valence electrons. The summed E-state index contributed by atoms with van der Waals surface area (Å²) in [5, 5.41) is 0. The van der Waals surface area contributed by atoms with Gasteiger partial charge < -0.3 is 4.74 Å². The second-order valence-corrected chi connectivity index (χ2v) is 8.42. The SMILES string of the molecule is CN(C1CC(Oc2cccc(C(C)(C)C)c2)C1)C(C)(C)C. The molecule has 2 rings (SSSR count). The van der Waals surface area contributed by atoms with Gasteiger partial charge in [0.2, 0.25) is 0 Å². The molecule has 1 aromatic rings. The molecule has 0 aromatic heterocycles. The van der Waals surface area contributed by atoms with Crippen molar-refractivity contribution in [2.24, 2.45) is 0 Å². The maximum Gasteiger partial charge on any atom is 0.120 e. The minimum Gasteiger partial charge on any atom is -0.490 e. The summed E-state index contributed by atoms with van der Waals surface area (Å²) < 4.78 is 6.15. The summed E-state index contributed by atoms with van der Waals surface area (Å²) in [5.41, 5.74) is 1.75. The molecule has 0 saturated heterocycles. The molecule has 1 saturated carbocycles. The van der Waals surface area contributed by atoms with Crippen LogP contribution in [0.15, 0.2) is 24.3 Å². The van der Waals surface area contributed by atoms with E-state index in [1.807, 2.05) is 0 Å². The lowest BCUT2D eigenvalue weighted by Crippen LogP contribution is -2.54. The van der Waals surface area contributed by atoms with Crippen molar-refractivity contribution in [1.82, 2.24) is 4.90 Å². The first-order valence-electron chi connectivity index (χ1n) is 8.07. The molecule has 2 heteroatoms. The van der Waals surface area contributed by atoms with Gasteiger partial charge in [0.25, 0.3) is 0 Å². The van der Waals surface area contributed by atoms with E-state index in [0.29, 0.717) is 12.1 Å². The third-order valence-electron chi connectivity index (χ3n) is 4.68. The second-order valence-electron chi connectivity index (χ2n) is 8.42. The standard InChI is InChI=1S/C19H31NO/c1-18(2,3)14-9-8-10-16(11-14)21-17-12-15(13-17)20(7)19(4,5)6/h8-11,15,17H,12-13H2,1-7H3. The molecular formula is C19H31NO. The van der Waals surface area contributed by atoms with Gasteiger partial charge in [0.15, 0.2) is 0 Å². The Kier molecular flexibility index (Phi) is 4.39. The highest BCUT2D eigenvalue weighted by Crippen LogP contribution is 2.33. The molecule has 0 spiro atoms. The molecule has 2 nitrogen and oxygen atoms in total. The van der Waals surface area contributed by atoms with E-state index < -0.39 is 0 Å². The molecule has 0 radical (unpaired) electrons. The number of ether oxygens (including phenoxy) is 1. The van der Waals surface area contributed by atoms with Crippen LogP contribution in [0.1, 0.15) is 59.9 Å². The summed E-state index contributed by atoms with van der Waals surface area (Å²) in [7, 11) is 2.22. The maximum absolute atomic E-state index is 6.15. The summed E-state index contributed by atoms with van der Waals surface area (Å²) in [6.45, 7) is 13.5. The van der Waals surface area contributed by atoms with Crippen LogP contribution in [0.2, 0.25) is 0 Å². The summed E-state index contributed by atoms with van der Waals surface area (Å²) in [4.78, 5) is 2.47. The van der Waals surface area contributed by atoms with Gasteiger partial charge in [0.1, 0.15) is 11.9 Å². The quantitative estimate of drug-likeness (QED) is 0.804. The Bertz CT molecular complexity index is 475. The maximum atomic E-state index is 6.15. The van der Waals surface area contributed by atoms with Crippen LogP contribution in [0.5, 0.6) is 5.75 Å². The van der Waals surface area contributed by atoms with E-state index in [0.717, 1.165) is 18.6 Å². The van der Waals surface area contributed by atoms with Crippen molar-refractivity contribution in [3.63, 3.8) is 0 Å². The van der Waals surface area contributed by atoms with Crippen molar-refractivity contribution in [3.05, 3.63) is 29.8 Å². The number of benzene rings is 1. The molecule has 1 aromatic carbocycles. The van der Waals surface area contributed by atoms with Crippen molar-refractivity contribution < 1.29 is 4.74 Å². The largest absolute Gasteiger partial charge is 0.490 e. The van der Waals surface area contributed by atoms with Crippen LogP contribution >= 0.6 is 0 Å². The molecular weight excluding hydrogens is 258 g/mol. The third-order valence-corrected chi connectivity index (χ3v) is 4.68. The van der Waals surface area contributed by atoms with E-state index >= 15 is 0 Å². The lowest BCUT2D eigenvalue weighted by Gasteiger charge is -2.46. The van der Waals surface area contributed by atoms with E-state index in [9.17, 15) is 0 Å². The number of hydrogen-bond acceptors (Lipinski definition) is 2. The van der Waals surface area contributed by atoms with Crippen molar-refractivity contribution in [2.45, 2.75) is 77.5 Å². The normalized spacial score (nSPS) is 23.0. The van der Waals surface area contributed by atoms with Crippen molar-refractivity contribution in [2.75, 3.05) is 7.05 Å². The van der Waals surface area contributed by atoms with Crippen LogP contribution in [-0.2, 0) is 5.41 Å². The molecule has 0 atom stereocenters. The lowest BCUT2D eigenvalue weighted by atomic mass is 9.85. The van der Waals surface area contributed by atoms with Crippen LogP contribution in [0, 0.1) is 0 Å². The highest BCUT2D eigenvalue weighted by atomic mass is 16.5. The molecule has 21 heavy (non-hydrogen) atoms. The summed E-state index contributed by atoms with van der Waals surface area (Å²) >= 11 is 0. The predicted octanol–water partition coefficient (Wildman–Crippen LogP) is 4.62. The highest BCUT2D eigenvalue weighted by molar-refractivity contribution is 5.32. The average Bonchev–Trinajstić information content (AvgIpc) is 2.30. The average molecular weight is 289 g/mol. The van der Waals surface area contributed by atoms with Crippen LogP contribution < -0.4 is 4.74 Å². The van der Waals surface area contributed by atoms with Gasteiger partial charge in [-0.1, -0.05) is 32.9 Å². The van der Waals surface area contributed by atoms with Crippen LogP contribution in [0.25, 0.3) is 0 Å². The summed E-state index contributed by atoms with van der Waals surface area (Å²) in [5.74, 6) is 1.02. The fraction of sp³-hybridized carbons (Fsp3) is 0.684. The molecule has 0 unspecified atom stereocenters. The zero-order valence-electron chi connectivity index (χ0n) is 14.7. The molecule has 1 aliphatic rings. The minimum atomic E-state index is 0.175. The van der Waals surface area contributed by atoms with Gasteiger partial charge in [-0.25, -0.2) is 0 Å². The predicted molar refractivity (Wildman–Crippen MR) is 90.1 cm³/mol. The van der Waals surface area contributed by atoms with Crippen LogP contribution in [0.3, 0.4) is 0 Å². The Labute approximate surface area is 130 Å². The smallest absolute Gasteiger partial charge is 0.120 e. The zero-order chi connectivity index (χ0) is 15.8. The van der Waals surface area contributed by atoms with Gasteiger partial charge in [-0.2, -0.15) is 0 Å². The van der Waals surface area contributed by atoms with E-state index in [-0.39, 0.29) is 11.0 Å². The van der Waals surface area contributed by atoms with E-state index in [2.05, 4.69) is 77.8 Å². The summed E-state index contributed by atoms with van der Waals surface area (Å²) in [6, 6.07) is 9.22. The molecule has 0 heterocycles. The summed E-state index contributed by atoms with van der Waals surface area (Å²) in [6.07, 6.45) is 2.64. The fourth-order valence-electron chi connectivity index (χ4n) is 2.73. The van der Waals surface area contributed by atoms with E-state index in [1.165, 1.54) is 5.56 Å². The second kappa shape index (κ2) is 5.64. The topological polar surface area (TPSA) is 12.5 Å². The molecule has 1 fully saturated rings.